The molecule has 140 valence electrons. The van der Waals surface area contributed by atoms with Gasteiger partial charge >= 0.3 is 0 Å². The van der Waals surface area contributed by atoms with Crippen molar-refractivity contribution in [3.63, 3.8) is 0 Å². The molecular weight excluding hydrogens is 330 g/mol. The largest absolute Gasteiger partial charge is 0.497 e. The highest BCUT2D eigenvalue weighted by Crippen LogP contribution is 2.24. The Kier molecular flexibility index (Phi) is 5.93. The van der Waals surface area contributed by atoms with Crippen LogP contribution in [0.1, 0.15) is 42.0 Å². The minimum absolute atomic E-state index is 0.0772. The summed E-state index contributed by atoms with van der Waals surface area (Å²) in [6.45, 7) is 6.66. The van der Waals surface area contributed by atoms with E-state index in [4.69, 9.17) is 14.6 Å². The van der Waals surface area contributed by atoms with Crippen LogP contribution in [-0.4, -0.2) is 54.0 Å². The van der Waals surface area contributed by atoms with Crippen molar-refractivity contribution in [2.45, 2.75) is 33.1 Å². The molecule has 1 aliphatic heterocycles. The van der Waals surface area contributed by atoms with Gasteiger partial charge in [-0.3, -0.25) is 4.79 Å². The fourth-order valence-corrected chi connectivity index (χ4v) is 3.35. The maximum Gasteiger partial charge on any atom is 0.257 e. The SMILES string of the molecule is CCCc1nn(-c2ccc(OC)cc2)c(CC)c1C(=O)N1CCOCC1. The number of carbonyl (C=O) groups is 1. The minimum atomic E-state index is 0.0772. The summed E-state index contributed by atoms with van der Waals surface area (Å²) in [5.74, 6) is 0.880. The van der Waals surface area contributed by atoms with Crippen molar-refractivity contribution in [2.24, 2.45) is 0 Å². The summed E-state index contributed by atoms with van der Waals surface area (Å²) in [5, 5.41) is 4.81. The molecule has 1 amide bonds. The number of morpholine rings is 1. The van der Waals surface area contributed by atoms with E-state index >= 15 is 0 Å². The number of hydrogen-bond acceptors (Lipinski definition) is 4. The van der Waals surface area contributed by atoms with Gasteiger partial charge in [0.2, 0.25) is 0 Å². The van der Waals surface area contributed by atoms with Gasteiger partial charge in [0.05, 0.1) is 43.0 Å². The number of hydrogen-bond donors (Lipinski definition) is 0. The number of nitrogens with zero attached hydrogens (tertiary/aromatic N) is 3. The second-order valence-corrected chi connectivity index (χ2v) is 6.39. The van der Waals surface area contributed by atoms with Crippen LogP contribution < -0.4 is 4.74 Å². The van der Waals surface area contributed by atoms with E-state index < -0.39 is 0 Å². The van der Waals surface area contributed by atoms with Gasteiger partial charge in [0.15, 0.2) is 0 Å². The van der Waals surface area contributed by atoms with Crippen LogP contribution in [0.3, 0.4) is 0 Å². The third-order valence-corrected chi connectivity index (χ3v) is 4.70. The van der Waals surface area contributed by atoms with Crippen molar-refractivity contribution in [3.05, 3.63) is 41.2 Å². The van der Waals surface area contributed by atoms with Crippen LogP contribution in [0.5, 0.6) is 5.75 Å². The van der Waals surface area contributed by atoms with Gasteiger partial charge in [0, 0.05) is 13.1 Å². The molecule has 2 aromatic rings. The van der Waals surface area contributed by atoms with Crippen molar-refractivity contribution in [1.82, 2.24) is 14.7 Å². The molecule has 6 heteroatoms. The molecule has 0 saturated carbocycles. The molecule has 0 radical (unpaired) electrons. The normalized spacial score (nSPS) is 14.5. The van der Waals surface area contributed by atoms with Crippen LogP contribution in [0.15, 0.2) is 24.3 Å². The molecule has 0 aliphatic carbocycles. The topological polar surface area (TPSA) is 56.6 Å². The van der Waals surface area contributed by atoms with Crippen LogP contribution in [0.4, 0.5) is 0 Å². The molecule has 1 aliphatic rings. The third kappa shape index (κ3) is 3.60. The Bertz CT molecular complexity index is 746. The fourth-order valence-electron chi connectivity index (χ4n) is 3.35. The van der Waals surface area contributed by atoms with Gasteiger partial charge in [-0.1, -0.05) is 20.3 Å². The quantitative estimate of drug-likeness (QED) is 0.798. The summed E-state index contributed by atoms with van der Waals surface area (Å²) in [6.07, 6.45) is 2.49. The van der Waals surface area contributed by atoms with Crippen LogP contribution in [0, 0.1) is 0 Å². The summed E-state index contributed by atoms with van der Waals surface area (Å²) < 4.78 is 12.5. The van der Waals surface area contributed by atoms with E-state index in [0.29, 0.717) is 26.3 Å². The molecule has 0 unspecified atom stereocenters. The van der Waals surface area contributed by atoms with E-state index in [0.717, 1.165) is 47.7 Å². The zero-order valence-electron chi connectivity index (χ0n) is 15.8. The Balaban J connectivity index is 2.04. The van der Waals surface area contributed by atoms with Crippen molar-refractivity contribution in [1.29, 1.82) is 0 Å². The van der Waals surface area contributed by atoms with E-state index in [9.17, 15) is 4.79 Å². The zero-order chi connectivity index (χ0) is 18.5. The van der Waals surface area contributed by atoms with Crippen LogP contribution in [-0.2, 0) is 17.6 Å². The van der Waals surface area contributed by atoms with Crippen molar-refractivity contribution in [3.8, 4) is 11.4 Å². The molecule has 0 bridgehead atoms. The van der Waals surface area contributed by atoms with Gasteiger partial charge in [0.25, 0.3) is 5.91 Å². The lowest BCUT2D eigenvalue weighted by molar-refractivity contribution is 0.0301. The second kappa shape index (κ2) is 8.36. The van der Waals surface area contributed by atoms with Gasteiger partial charge in [0.1, 0.15) is 5.75 Å². The summed E-state index contributed by atoms with van der Waals surface area (Å²) in [7, 11) is 1.65. The molecule has 0 N–H and O–H groups in total. The maximum absolute atomic E-state index is 13.2. The molecule has 3 rings (SSSR count). The molecule has 1 fully saturated rings. The molecule has 1 saturated heterocycles. The molecule has 1 aromatic heterocycles. The van der Waals surface area contributed by atoms with Gasteiger partial charge < -0.3 is 14.4 Å². The minimum Gasteiger partial charge on any atom is -0.497 e. The summed E-state index contributed by atoms with van der Waals surface area (Å²) >= 11 is 0. The first kappa shape index (κ1) is 18.5. The van der Waals surface area contributed by atoms with Gasteiger partial charge in [-0.25, -0.2) is 4.68 Å². The number of aryl methyl sites for hydroxylation is 1. The van der Waals surface area contributed by atoms with Crippen molar-refractivity contribution < 1.29 is 14.3 Å². The van der Waals surface area contributed by atoms with E-state index in [1.54, 1.807) is 7.11 Å². The smallest absolute Gasteiger partial charge is 0.257 e. The Hall–Kier alpha value is -2.34. The Labute approximate surface area is 154 Å². The van der Waals surface area contributed by atoms with E-state index in [1.165, 1.54) is 0 Å². The average Bonchev–Trinajstić information content (AvgIpc) is 3.06. The second-order valence-electron chi connectivity index (χ2n) is 6.39. The molecule has 1 aromatic carbocycles. The third-order valence-electron chi connectivity index (χ3n) is 4.70. The lowest BCUT2D eigenvalue weighted by atomic mass is 10.1. The number of aromatic nitrogens is 2. The molecule has 0 atom stereocenters. The summed E-state index contributed by atoms with van der Waals surface area (Å²) in [4.78, 5) is 15.1. The predicted octanol–water partition coefficient (Wildman–Crippen LogP) is 2.87. The van der Waals surface area contributed by atoms with Crippen molar-refractivity contribution >= 4 is 5.91 Å². The number of amides is 1. The first-order chi connectivity index (χ1) is 12.7. The summed E-state index contributed by atoms with van der Waals surface area (Å²) in [6, 6.07) is 7.78. The lowest BCUT2D eigenvalue weighted by Crippen LogP contribution is -2.41. The molecule has 6 nitrogen and oxygen atoms in total. The summed E-state index contributed by atoms with van der Waals surface area (Å²) in [5.41, 5.74) is 3.57. The fraction of sp³-hybridized carbons (Fsp3) is 0.500. The van der Waals surface area contributed by atoms with Crippen LogP contribution >= 0.6 is 0 Å². The highest BCUT2D eigenvalue weighted by molar-refractivity contribution is 5.96. The molecule has 0 spiro atoms. The van der Waals surface area contributed by atoms with Gasteiger partial charge in [-0.15, -0.1) is 0 Å². The van der Waals surface area contributed by atoms with E-state index in [1.807, 2.05) is 33.8 Å². The first-order valence-corrected chi connectivity index (χ1v) is 9.31. The Morgan fingerprint density at radius 1 is 1.19 bits per heavy atom. The van der Waals surface area contributed by atoms with Gasteiger partial charge in [-0.2, -0.15) is 5.10 Å². The zero-order valence-corrected chi connectivity index (χ0v) is 15.8. The lowest BCUT2D eigenvalue weighted by Gasteiger charge is -2.27. The van der Waals surface area contributed by atoms with Gasteiger partial charge in [-0.05, 0) is 37.1 Å². The molecule has 2 heterocycles. The Morgan fingerprint density at radius 2 is 1.88 bits per heavy atom. The van der Waals surface area contributed by atoms with E-state index in [-0.39, 0.29) is 5.91 Å². The highest BCUT2D eigenvalue weighted by atomic mass is 16.5. The van der Waals surface area contributed by atoms with Crippen molar-refractivity contribution in [2.75, 3.05) is 33.4 Å². The molecule has 26 heavy (non-hydrogen) atoms. The highest BCUT2D eigenvalue weighted by Gasteiger charge is 2.27. The van der Waals surface area contributed by atoms with E-state index in [2.05, 4.69) is 13.8 Å². The number of carbonyl (C=O) groups excluding carboxylic acids is 1. The number of methoxy groups -OCH3 is 1. The monoisotopic (exact) mass is 357 g/mol. The van der Waals surface area contributed by atoms with Crippen LogP contribution in [0.2, 0.25) is 0 Å². The first-order valence-electron chi connectivity index (χ1n) is 9.31. The number of benzene rings is 1. The average molecular weight is 357 g/mol. The number of rotatable bonds is 6. The van der Waals surface area contributed by atoms with Crippen LogP contribution in [0.25, 0.3) is 5.69 Å². The Morgan fingerprint density at radius 3 is 2.46 bits per heavy atom. The number of ether oxygens (including phenoxy) is 2. The molecular formula is C20H27N3O3. The standard InChI is InChI=1S/C20H27N3O3/c1-4-6-17-19(20(24)22-11-13-26-14-12-22)18(5-2)23(21-17)15-7-9-16(25-3)10-8-15/h7-10H,4-6,11-14H2,1-3H3. The maximum atomic E-state index is 13.2. The predicted molar refractivity (Wildman–Crippen MR) is 100 cm³/mol.